The number of allylic oxidation sites excluding steroid dienone is 1. The predicted octanol–water partition coefficient (Wildman–Crippen LogP) is 2.64. The first kappa shape index (κ1) is 9.76. The van der Waals surface area contributed by atoms with Crippen molar-refractivity contribution in [2.24, 2.45) is 5.92 Å². The largest absolute Gasteiger partial charge is 0.234 e. The molecule has 0 fully saturated rings. The van der Waals surface area contributed by atoms with Gasteiger partial charge in [-0.1, -0.05) is 37.3 Å². The fraction of sp³-hybridized carbons (Fsp3) is 0.333. The van der Waals surface area contributed by atoms with Crippen LogP contribution >= 0.6 is 0 Å². The topological polar surface area (TPSA) is 17.1 Å². The number of aryl methyl sites for hydroxylation is 1. The van der Waals surface area contributed by atoms with E-state index in [1.165, 1.54) is 5.56 Å². The van der Waals surface area contributed by atoms with Crippen LogP contribution in [0, 0.1) is 5.92 Å². The van der Waals surface area contributed by atoms with Gasteiger partial charge in [0.15, 0.2) is 0 Å². The summed E-state index contributed by atoms with van der Waals surface area (Å²) in [5, 5.41) is 0. The predicted molar refractivity (Wildman–Crippen MR) is 54.2 cm³/mol. The van der Waals surface area contributed by atoms with Gasteiger partial charge in [-0.2, -0.15) is 0 Å². The first-order valence-corrected chi connectivity index (χ1v) is 4.58. The van der Waals surface area contributed by atoms with E-state index in [-0.39, 0.29) is 0 Å². The molecule has 0 N–H and O–H groups in total. The highest BCUT2D eigenvalue weighted by Crippen LogP contribution is 2.09. The number of rotatable bonds is 4. The van der Waals surface area contributed by atoms with Crippen molar-refractivity contribution in [3.05, 3.63) is 42.0 Å². The molecule has 0 heterocycles. The van der Waals surface area contributed by atoms with Crippen molar-refractivity contribution in [2.45, 2.75) is 19.8 Å². The second kappa shape index (κ2) is 5.34. The molecule has 0 saturated heterocycles. The zero-order valence-corrected chi connectivity index (χ0v) is 7.86. The summed E-state index contributed by atoms with van der Waals surface area (Å²) in [7, 11) is 0. The molecule has 0 spiro atoms. The maximum absolute atomic E-state index is 10.0. The minimum Gasteiger partial charge on any atom is -0.234 e. The lowest BCUT2D eigenvalue weighted by atomic mass is 10.0. The average Bonchev–Trinajstić information content (AvgIpc) is 2.17. The number of carbonyl (C=O) groups excluding carboxylic acids is 1. The van der Waals surface area contributed by atoms with Crippen molar-refractivity contribution in [2.75, 3.05) is 0 Å². The van der Waals surface area contributed by atoms with Crippen LogP contribution in [0.25, 0.3) is 0 Å². The first-order valence-electron chi connectivity index (χ1n) is 4.58. The van der Waals surface area contributed by atoms with Crippen LogP contribution in [0.4, 0.5) is 0 Å². The highest BCUT2D eigenvalue weighted by atomic mass is 16.1. The molecule has 0 amide bonds. The normalized spacial score (nSPS) is 11.8. The Balaban J connectivity index is 2.39. The van der Waals surface area contributed by atoms with E-state index in [2.05, 4.69) is 12.1 Å². The Bertz CT molecular complexity index is 283. The van der Waals surface area contributed by atoms with Crippen LogP contribution in [0.2, 0.25) is 0 Å². The molecular formula is C12H14O. The van der Waals surface area contributed by atoms with Crippen molar-refractivity contribution in [3.8, 4) is 0 Å². The third-order valence-electron chi connectivity index (χ3n) is 2.08. The van der Waals surface area contributed by atoms with E-state index in [4.69, 9.17) is 0 Å². The zero-order valence-electron chi connectivity index (χ0n) is 7.86. The van der Waals surface area contributed by atoms with Gasteiger partial charge in [-0.15, -0.1) is 0 Å². The number of hydrogen-bond donors (Lipinski definition) is 0. The quantitative estimate of drug-likeness (QED) is 0.641. The third kappa shape index (κ3) is 3.73. The van der Waals surface area contributed by atoms with Crippen molar-refractivity contribution in [3.63, 3.8) is 0 Å². The van der Waals surface area contributed by atoms with Gasteiger partial charge in [0, 0.05) is 6.08 Å². The average molecular weight is 174 g/mol. The van der Waals surface area contributed by atoms with Crippen LogP contribution in [-0.4, -0.2) is 5.94 Å². The van der Waals surface area contributed by atoms with Crippen LogP contribution in [0.5, 0.6) is 0 Å². The minimum absolute atomic E-state index is 0.331. The van der Waals surface area contributed by atoms with E-state index >= 15 is 0 Å². The van der Waals surface area contributed by atoms with Gasteiger partial charge in [-0.05, 0) is 24.3 Å². The molecule has 1 rings (SSSR count). The molecule has 0 aliphatic carbocycles. The maximum atomic E-state index is 10.0. The summed E-state index contributed by atoms with van der Waals surface area (Å²) >= 11 is 0. The molecule has 1 heteroatoms. The van der Waals surface area contributed by atoms with Crippen molar-refractivity contribution in [1.82, 2.24) is 0 Å². The van der Waals surface area contributed by atoms with Gasteiger partial charge in [0.2, 0.25) is 0 Å². The summed E-state index contributed by atoms with van der Waals surface area (Å²) in [6, 6.07) is 10.3. The second-order valence-corrected chi connectivity index (χ2v) is 3.29. The van der Waals surface area contributed by atoms with Gasteiger partial charge in [0.25, 0.3) is 0 Å². The summed E-state index contributed by atoms with van der Waals surface area (Å²) < 4.78 is 0. The fourth-order valence-electron chi connectivity index (χ4n) is 1.24. The Kier molecular flexibility index (Phi) is 4.01. The Labute approximate surface area is 79.1 Å². The molecule has 0 aliphatic rings. The van der Waals surface area contributed by atoms with E-state index in [0.29, 0.717) is 5.92 Å². The van der Waals surface area contributed by atoms with E-state index in [0.717, 1.165) is 12.8 Å². The Morgan fingerprint density at radius 3 is 2.69 bits per heavy atom. The van der Waals surface area contributed by atoms with Gasteiger partial charge < -0.3 is 0 Å². The van der Waals surface area contributed by atoms with Gasteiger partial charge >= 0.3 is 0 Å². The molecule has 0 aliphatic heterocycles. The molecular weight excluding hydrogens is 160 g/mol. The summed E-state index contributed by atoms with van der Waals surface area (Å²) in [5.41, 5.74) is 1.33. The minimum atomic E-state index is 0.331. The second-order valence-electron chi connectivity index (χ2n) is 3.29. The van der Waals surface area contributed by atoms with Gasteiger partial charge in [-0.3, -0.25) is 0 Å². The number of hydrogen-bond acceptors (Lipinski definition) is 1. The lowest BCUT2D eigenvalue weighted by Gasteiger charge is -2.03. The van der Waals surface area contributed by atoms with E-state index in [9.17, 15) is 4.79 Å². The van der Waals surface area contributed by atoms with Crippen molar-refractivity contribution in [1.29, 1.82) is 0 Å². The molecule has 0 bridgehead atoms. The highest BCUT2D eigenvalue weighted by Gasteiger charge is 1.98. The first-order chi connectivity index (χ1) is 6.33. The maximum Gasteiger partial charge on any atom is 0.120 e. The molecule has 1 nitrogen and oxygen atoms in total. The monoisotopic (exact) mass is 174 g/mol. The van der Waals surface area contributed by atoms with Crippen LogP contribution in [0.1, 0.15) is 18.9 Å². The van der Waals surface area contributed by atoms with E-state index < -0.39 is 0 Å². The molecule has 1 unspecified atom stereocenters. The van der Waals surface area contributed by atoms with Crippen LogP contribution < -0.4 is 0 Å². The lowest BCUT2D eigenvalue weighted by molar-refractivity contribution is 0.563. The Hall–Kier alpha value is -1.33. The van der Waals surface area contributed by atoms with Crippen LogP contribution in [0.15, 0.2) is 36.4 Å². The van der Waals surface area contributed by atoms with Crippen molar-refractivity contribution >= 4 is 5.94 Å². The van der Waals surface area contributed by atoms with Gasteiger partial charge in [0.1, 0.15) is 5.94 Å². The molecule has 1 aromatic carbocycles. The summed E-state index contributed by atoms with van der Waals surface area (Å²) in [6.07, 6.45) is 3.63. The summed E-state index contributed by atoms with van der Waals surface area (Å²) in [4.78, 5) is 10.0. The SMILES string of the molecule is CC(C=C=O)CCc1ccccc1. The smallest absolute Gasteiger partial charge is 0.120 e. The molecule has 0 aromatic heterocycles. The standard InChI is InChI=1S/C12H14O/c1-11(9-10-13)7-8-12-5-3-2-4-6-12/h2-6,9,11H,7-8H2,1H3. The molecule has 1 aromatic rings. The lowest BCUT2D eigenvalue weighted by Crippen LogP contribution is -1.93. The zero-order chi connectivity index (χ0) is 9.52. The Morgan fingerprint density at radius 2 is 2.08 bits per heavy atom. The fourth-order valence-corrected chi connectivity index (χ4v) is 1.24. The van der Waals surface area contributed by atoms with E-state index in [1.54, 1.807) is 6.08 Å². The van der Waals surface area contributed by atoms with Crippen LogP contribution in [-0.2, 0) is 11.2 Å². The van der Waals surface area contributed by atoms with Crippen molar-refractivity contribution < 1.29 is 4.79 Å². The van der Waals surface area contributed by atoms with E-state index in [1.807, 2.05) is 31.1 Å². The summed E-state index contributed by atoms with van der Waals surface area (Å²) in [5.74, 6) is 2.16. The van der Waals surface area contributed by atoms with Crippen LogP contribution in [0.3, 0.4) is 0 Å². The molecule has 1 atom stereocenters. The molecule has 0 saturated carbocycles. The Morgan fingerprint density at radius 1 is 1.38 bits per heavy atom. The molecule has 13 heavy (non-hydrogen) atoms. The third-order valence-corrected chi connectivity index (χ3v) is 2.08. The summed E-state index contributed by atoms with van der Waals surface area (Å²) in [6.45, 7) is 2.04. The van der Waals surface area contributed by atoms with Gasteiger partial charge in [0.05, 0.1) is 0 Å². The van der Waals surface area contributed by atoms with Gasteiger partial charge in [-0.25, -0.2) is 4.79 Å². The highest BCUT2D eigenvalue weighted by molar-refractivity contribution is 5.45. The molecule has 0 radical (unpaired) electrons. The number of benzene rings is 1. The molecule has 68 valence electrons.